The Morgan fingerprint density at radius 3 is 2.57 bits per heavy atom. The van der Waals surface area contributed by atoms with Gasteiger partial charge in [-0.1, -0.05) is 18.2 Å². The Kier molecular flexibility index (Phi) is 5.20. The summed E-state index contributed by atoms with van der Waals surface area (Å²) in [5, 5.41) is 16.6. The van der Waals surface area contributed by atoms with Crippen LogP contribution in [0.1, 0.15) is 27.9 Å². The molecule has 0 bridgehead atoms. The summed E-state index contributed by atoms with van der Waals surface area (Å²) in [6.45, 7) is 1.84. The van der Waals surface area contributed by atoms with Crippen molar-refractivity contribution in [3.8, 4) is 5.69 Å². The van der Waals surface area contributed by atoms with Gasteiger partial charge in [-0.05, 0) is 64.2 Å². The number of benzene rings is 1. The normalized spacial score (nSPS) is 11.9. The van der Waals surface area contributed by atoms with Gasteiger partial charge in [-0.2, -0.15) is 4.68 Å². The van der Waals surface area contributed by atoms with E-state index in [1.54, 1.807) is 28.4 Å². The first-order valence-electron chi connectivity index (χ1n) is 8.78. The summed E-state index contributed by atoms with van der Waals surface area (Å²) in [6.07, 6.45) is 3.77. The predicted molar refractivity (Wildman–Crippen MR) is 106 cm³/mol. The second-order valence-corrected chi connectivity index (χ2v) is 7.26. The number of rotatable bonds is 6. The molecule has 0 spiro atoms. The minimum absolute atomic E-state index is 0.0402. The number of nitrogens with one attached hydrogen (secondary N) is 1. The molecule has 0 aliphatic carbocycles. The van der Waals surface area contributed by atoms with Crippen LogP contribution in [0.25, 0.3) is 5.69 Å². The van der Waals surface area contributed by atoms with Crippen LogP contribution in [0.2, 0.25) is 0 Å². The molecule has 4 aromatic rings. The maximum absolute atomic E-state index is 12.7. The SMILES string of the molecule is Cc1nnnn1-c1ccc(CC(=O)N[C@H](c2ccncc2)c2cccs2)cc1. The Bertz CT molecular complexity index is 1040. The van der Waals surface area contributed by atoms with Crippen molar-refractivity contribution in [2.45, 2.75) is 19.4 Å². The third-order valence-corrected chi connectivity index (χ3v) is 5.28. The third-order valence-electron chi connectivity index (χ3n) is 4.34. The quantitative estimate of drug-likeness (QED) is 0.547. The van der Waals surface area contributed by atoms with Crippen molar-refractivity contribution in [3.05, 3.63) is 88.1 Å². The standard InChI is InChI=1S/C20H18N6OS/c1-14-23-24-25-26(14)17-6-4-15(5-7-17)13-19(27)22-20(18-3-2-12-28-18)16-8-10-21-11-9-16/h2-12,20H,13H2,1H3,(H,22,27)/t20-/m1/s1. The number of nitrogens with zero attached hydrogens (tertiary/aromatic N) is 5. The summed E-state index contributed by atoms with van der Waals surface area (Å²) in [5.74, 6) is 0.670. The van der Waals surface area contributed by atoms with Crippen molar-refractivity contribution in [2.24, 2.45) is 0 Å². The maximum Gasteiger partial charge on any atom is 0.225 e. The van der Waals surface area contributed by atoms with Crippen LogP contribution in [0.15, 0.2) is 66.3 Å². The van der Waals surface area contributed by atoms with E-state index in [9.17, 15) is 4.79 Å². The average Bonchev–Trinajstić information content (AvgIpc) is 3.39. The van der Waals surface area contributed by atoms with Gasteiger partial charge >= 0.3 is 0 Å². The monoisotopic (exact) mass is 390 g/mol. The molecule has 0 fully saturated rings. The number of tetrazole rings is 1. The van der Waals surface area contributed by atoms with Crippen LogP contribution in [-0.4, -0.2) is 31.1 Å². The number of aromatic nitrogens is 5. The molecular formula is C20H18N6OS. The number of carbonyl (C=O) groups is 1. The molecule has 4 rings (SSSR count). The second kappa shape index (κ2) is 8.10. The molecule has 0 saturated carbocycles. The van der Waals surface area contributed by atoms with E-state index < -0.39 is 0 Å². The number of aryl methyl sites for hydroxylation is 1. The lowest BCUT2D eigenvalue weighted by Crippen LogP contribution is -2.30. The van der Waals surface area contributed by atoms with Crippen molar-refractivity contribution >= 4 is 17.2 Å². The van der Waals surface area contributed by atoms with E-state index in [-0.39, 0.29) is 11.9 Å². The molecule has 1 aromatic carbocycles. The van der Waals surface area contributed by atoms with Gasteiger partial charge in [0.15, 0.2) is 5.82 Å². The zero-order chi connectivity index (χ0) is 19.3. The van der Waals surface area contributed by atoms with Gasteiger partial charge < -0.3 is 5.32 Å². The average molecular weight is 390 g/mol. The molecule has 28 heavy (non-hydrogen) atoms. The summed E-state index contributed by atoms with van der Waals surface area (Å²) < 4.78 is 1.65. The predicted octanol–water partition coefficient (Wildman–Crippen LogP) is 2.88. The summed E-state index contributed by atoms with van der Waals surface area (Å²) in [4.78, 5) is 17.9. The van der Waals surface area contributed by atoms with E-state index in [2.05, 4.69) is 25.8 Å². The summed E-state index contributed by atoms with van der Waals surface area (Å²) in [5.41, 5.74) is 2.79. The first-order chi connectivity index (χ1) is 13.7. The fourth-order valence-corrected chi connectivity index (χ4v) is 3.76. The Morgan fingerprint density at radius 1 is 1.14 bits per heavy atom. The van der Waals surface area contributed by atoms with Crippen molar-refractivity contribution in [1.29, 1.82) is 0 Å². The number of hydrogen-bond acceptors (Lipinski definition) is 6. The smallest absolute Gasteiger partial charge is 0.225 e. The van der Waals surface area contributed by atoms with Crippen LogP contribution < -0.4 is 5.32 Å². The van der Waals surface area contributed by atoms with E-state index in [0.29, 0.717) is 12.2 Å². The molecule has 3 heterocycles. The van der Waals surface area contributed by atoms with Gasteiger partial charge in [-0.3, -0.25) is 9.78 Å². The van der Waals surface area contributed by atoms with Gasteiger partial charge in [-0.25, -0.2) is 0 Å². The highest BCUT2D eigenvalue weighted by Gasteiger charge is 2.18. The molecule has 0 saturated heterocycles. The lowest BCUT2D eigenvalue weighted by atomic mass is 10.1. The van der Waals surface area contributed by atoms with Crippen molar-refractivity contribution in [2.75, 3.05) is 0 Å². The second-order valence-electron chi connectivity index (χ2n) is 6.28. The molecule has 0 aliphatic heterocycles. The summed E-state index contributed by atoms with van der Waals surface area (Å²) in [7, 11) is 0. The van der Waals surface area contributed by atoms with Crippen LogP contribution in [-0.2, 0) is 11.2 Å². The molecule has 7 nitrogen and oxygen atoms in total. The van der Waals surface area contributed by atoms with E-state index in [1.165, 1.54) is 0 Å². The van der Waals surface area contributed by atoms with Gasteiger partial charge in [0.25, 0.3) is 0 Å². The van der Waals surface area contributed by atoms with E-state index in [4.69, 9.17) is 0 Å². The molecule has 1 N–H and O–H groups in total. The zero-order valence-corrected chi connectivity index (χ0v) is 16.0. The van der Waals surface area contributed by atoms with Crippen LogP contribution in [0, 0.1) is 6.92 Å². The number of thiophene rings is 1. The molecule has 0 radical (unpaired) electrons. The lowest BCUT2D eigenvalue weighted by molar-refractivity contribution is -0.120. The van der Waals surface area contributed by atoms with Gasteiger partial charge in [-0.15, -0.1) is 16.4 Å². The van der Waals surface area contributed by atoms with Crippen molar-refractivity contribution in [1.82, 2.24) is 30.5 Å². The van der Waals surface area contributed by atoms with Crippen LogP contribution >= 0.6 is 11.3 Å². The molecule has 3 aromatic heterocycles. The largest absolute Gasteiger partial charge is 0.344 e. The number of hydrogen-bond donors (Lipinski definition) is 1. The van der Waals surface area contributed by atoms with Gasteiger partial charge in [0, 0.05) is 17.3 Å². The number of pyridine rings is 1. The highest BCUT2D eigenvalue weighted by molar-refractivity contribution is 7.10. The fourth-order valence-electron chi connectivity index (χ4n) is 2.95. The van der Waals surface area contributed by atoms with Gasteiger partial charge in [0.1, 0.15) is 0 Å². The Balaban J connectivity index is 1.47. The highest BCUT2D eigenvalue weighted by atomic mass is 32.1. The highest BCUT2D eigenvalue weighted by Crippen LogP contribution is 2.25. The maximum atomic E-state index is 12.7. The first kappa shape index (κ1) is 18.0. The van der Waals surface area contributed by atoms with Crippen molar-refractivity contribution in [3.63, 3.8) is 0 Å². The number of amides is 1. The van der Waals surface area contributed by atoms with Gasteiger partial charge in [0.05, 0.1) is 18.2 Å². The van der Waals surface area contributed by atoms with Crippen molar-refractivity contribution < 1.29 is 4.79 Å². The van der Waals surface area contributed by atoms with Crippen LogP contribution in [0.3, 0.4) is 0 Å². The molecule has 1 amide bonds. The van der Waals surface area contributed by atoms with Gasteiger partial charge in [0.2, 0.25) is 5.91 Å². The van der Waals surface area contributed by atoms with Crippen LogP contribution in [0.4, 0.5) is 0 Å². The van der Waals surface area contributed by atoms with E-state index in [0.717, 1.165) is 21.7 Å². The minimum atomic E-state index is -0.182. The molecule has 0 aliphatic rings. The van der Waals surface area contributed by atoms with E-state index >= 15 is 0 Å². The Labute approximate surface area is 166 Å². The fraction of sp³-hybridized carbons (Fsp3) is 0.150. The van der Waals surface area contributed by atoms with E-state index in [1.807, 2.05) is 60.8 Å². The number of carbonyl (C=O) groups excluding carboxylic acids is 1. The summed E-state index contributed by atoms with van der Waals surface area (Å²) >= 11 is 1.62. The minimum Gasteiger partial charge on any atom is -0.344 e. The topological polar surface area (TPSA) is 85.6 Å². The zero-order valence-electron chi connectivity index (χ0n) is 15.2. The molecule has 1 atom stereocenters. The third kappa shape index (κ3) is 3.96. The first-order valence-corrected chi connectivity index (χ1v) is 9.65. The lowest BCUT2D eigenvalue weighted by Gasteiger charge is -2.18. The molecular weight excluding hydrogens is 372 g/mol. The molecule has 8 heteroatoms. The molecule has 140 valence electrons. The summed E-state index contributed by atoms with van der Waals surface area (Å²) in [6, 6.07) is 15.3. The Morgan fingerprint density at radius 2 is 1.93 bits per heavy atom. The van der Waals surface area contributed by atoms with Crippen LogP contribution in [0.5, 0.6) is 0 Å². The Hall–Kier alpha value is -3.39. The molecule has 0 unspecified atom stereocenters.